The fraction of sp³-hybridized carbons (Fsp3) is 0.130. The Kier molecular flexibility index (Phi) is 5.25. The van der Waals surface area contributed by atoms with E-state index in [2.05, 4.69) is 20.3 Å². The molecular weight excluding hydrogens is 460 g/mol. The predicted octanol–water partition coefficient (Wildman–Crippen LogP) is 3.52. The number of aromatic nitrogens is 3. The van der Waals surface area contributed by atoms with Gasteiger partial charge in [-0.05, 0) is 42.5 Å². The van der Waals surface area contributed by atoms with Crippen molar-refractivity contribution in [1.82, 2.24) is 20.3 Å². The maximum atomic E-state index is 12.3. The Morgan fingerprint density at radius 1 is 1.09 bits per heavy atom. The van der Waals surface area contributed by atoms with E-state index in [1.807, 2.05) is 6.07 Å². The van der Waals surface area contributed by atoms with E-state index in [-0.39, 0.29) is 16.4 Å². The number of hydrogen-bond donors (Lipinski definition) is 2. The number of nitrogens with zero attached hydrogens (tertiary/aromatic N) is 2. The zero-order valence-electron chi connectivity index (χ0n) is 17.8. The van der Waals surface area contributed by atoms with Crippen LogP contribution in [0.5, 0.6) is 11.5 Å². The molecule has 0 radical (unpaired) electrons. The van der Waals surface area contributed by atoms with E-state index < -0.39 is 27.9 Å². The highest BCUT2D eigenvalue weighted by atomic mass is 32.2. The quantitative estimate of drug-likeness (QED) is 0.429. The van der Waals surface area contributed by atoms with E-state index in [4.69, 9.17) is 9.47 Å². The van der Waals surface area contributed by atoms with Crippen molar-refractivity contribution in [2.24, 2.45) is 0 Å². The molecule has 34 heavy (non-hydrogen) atoms. The number of rotatable bonds is 6. The molecule has 1 aliphatic rings. The van der Waals surface area contributed by atoms with Crippen LogP contribution in [0.1, 0.15) is 18.6 Å². The Balaban J connectivity index is 1.58. The van der Waals surface area contributed by atoms with Crippen LogP contribution >= 0.6 is 0 Å². The van der Waals surface area contributed by atoms with Gasteiger partial charge in [0, 0.05) is 17.8 Å². The van der Waals surface area contributed by atoms with Crippen LogP contribution in [0, 0.1) is 0 Å². The van der Waals surface area contributed by atoms with Crippen molar-refractivity contribution in [3.63, 3.8) is 0 Å². The predicted molar refractivity (Wildman–Crippen MR) is 121 cm³/mol. The van der Waals surface area contributed by atoms with E-state index >= 15 is 0 Å². The van der Waals surface area contributed by atoms with Crippen molar-refractivity contribution in [1.29, 1.82) is 0 Å². The lowest BCUT2D eigenvalue weighted by atomic mass is 10.1. The minimum atomic E-state index is -3.36. The van der Waals surface area contributed by atoms with Gasteiger partial charge < -0.3 is 14.5 Å². The Morgan fingerprint density at radius 2 is 1.88 bits per heavy atom. The van der Waals surface area contributed by atoms with Crippen LogP contribution in [0.15, 0.2) is 65.7 Å². The second-order valence-electron chi connectivity index (χ2n) is 7.46. The Labute approximate surface area is 193 Å². The average Bonchev–Trinajstić information content (AvgIpc) is 3.41. The zero-order valence-corrected chi connectivity index (χ0v) is 18.6. The van der Waals surface area contributed by atoms with Gasteiger partial charge in [0.15, 0.2) is 15.7 Å². The molecule has 1 unspecified atom stereocenters. The molecule has 5 rings (SSSR count). The van der Waals surface area contributed by atoms with Crippen molar-refractivity contribution in [3.8, 4) is 23.0 Å². The van der Waals surface area contributed by atoms with Crippen molar-refractivity contribution in [2.45, 2.75) is 17.9 Å². The lowest BCUT2D eigenvalue weighted by Gasteiger charge is -2.14. The molecule has 2 N–H and O–H groups in total. The van der Waals surface area contributed by atoms with Crippen LogP contribution in [0.2, 0.25) is 0 Å². The van der Waals surface area contributed by atoms with Gasteiger partial charge in [0.25, 0.3) is 5.91 Å². The van der Waals surface area contributed by atoms with E-state index in [0.29, 0.717) is 33.9 Å². The van der Waals surface area contributed by atoms with Gasteiger partial charge in [0.1, 0.15) is 17.2 Å². The number of benzene rings is 2. The Morgan fingerprint density at radius 3 is 2.53 bits per heavy atom. The second kappa shape index (κ2) is 8.27. The lowest BCUT2D eigenvalue weighted by Crippen LogP contribution is -2.20. The number of H-pyrrole nitrogens is 1. The number of nitrogens with one attached hydrogen (secondary N) is 2. The number of imidazole rings is 1. The van der Waals surface area contributed by atoms with E-state index in [9.17, 15) is 18.0 Å². The molecule has 11 heteroatoms. The maximum absolute atomic E-state index is 12.3. The fourth-order valence-electron chi connectivity index (χ4n) is 3.54. The lowest BCUT2D eigenvalue weighted by molar-refractivity contribution is -0.123. The van der Waals surface area contributed by atoms with Crippen molar-refractivity contribution in [2.75, 3.05) is 5.75 Å². The summed E-state index contributed by atoms with van der Waals surface area (Å²) in [4.78, 5) is 36.1. The first-order valence-electron chi connectivity index (χ1n) is 10.3. The number of aromatic amines is 1. The number of fused-ring (bicyclic) bond motifs is 1. The Bertz CT molecular complexity index is 1510. The van der Waals surface area contributed by atoms with Gasteiger partial charge in [-0.3, -0.25) is 15.1 Å². The first-order valence-corrected chi connectivity index (χ1v) is 12.0. The smallest absolute Gasteiger partial charge is 0.415 e. The monoisotopic (exact) mass is 478 g/mol. The summed E-state index contributed by atoms with van der Waals surface area (Å²) in [5.74, 6) is 0.436. The zero-order chi connectivity index (χ0) is 23.9. The molecule has 3 heterocycles. The molecule has 1 aliphatic heterocycles. The molecule has 1 atom stereocenters. The topological polar surface area (TPSA) is 140 Å². The third kappa shape index (κ3) is 3.97. The highest BCUT2D eigenvalue weighted by molar-refractivity contribution is 7.91. The highest BCUT2D eigenvalue weighted by Gasteiger charge is 2.36. The second-order valence-corrected chi connectivity index (χ2v) is 9.74. The summed E-state index contributed by atoms with van der Waals surface area (Å²) >= 11 is 0. The van der Waals surface area contributed by atoms with Crippen LogP contribution in [0.4, 0.5) is 4.79 Å². The van der Waals surface area contributed by atoms with Crippen LogP contribution in [-0.2, 0) is 19.4 Å². The summed E-state index contributed by atoms with van der Waals surface area (Å²) in [6, 6.07) is 14.6. The summed E-state index contributed by atoms with van der Waals surface area (Å²) in [5, 5.41) is 2.11. The van der Waals surface area contributed by atoms with E-state index in [1.165, 1.54) is 24.3 Å². The van der Waals surface area contributed by atoms with Crippen LogP contribution < -0.4 is 10.1 Å². The van der Waals surface area contributed by atoms with Gasteiger partial charge >= 0.3 is 6.09 Å². The molecule has 0 spiro atoms. The summed E-state index contributed by atoms with van der Waals surface area (Å²) in [6.07, 6.45) is -0.421. The summed E-state index contributed by atoms with van der Waals surface area (Å²) < 4.78 is 35.3. The van der Waals surface area contributed by atoms with Crippen molar-refractivity contribution < 1.29 is 27.5 Å². The molecule has 1 fully saturated rings. The number of amides is 2. The van der Waals surface area contributed by atoms with Crippen molar-refractivity contribution >= 4 is 32.9 Å². The third-order valence-electron chi connectivity index (χ3n) is 5.28. The number of imide groups is 1. The summed E-state index contributed by atoms with van der Waals surface area (Å²) in [6.45, 7) is 1.57. The molecule has 10 nitrogen and oxygen atoms in total. The maximum Gasteiger partial charge on any atom is 0.415 e. The number of alkyl carbamates (subject to hydrolysis) is 1. The molecule has 4 aromatic rings. The third-order valence-corrected chi connectivity index (χ3v) is 7.03. The van der Waals surface area contributed by atoms with Crippen LogP contribution in [0.3, 0.4) is 0 Å². The number of carbonyl (C=O) groups excluding carboxylic acids is 2. The van der Waals surface area contributed by atoms with Gasteiger partial charge in [-0.25, -0.2) is 18.2 Å². The van der Waals surface area contributed by atoms with Gasteiger partial charge in [-0.15, -0.1) is 0 Å². The first kappa shape index (κ1) is 21.6. The Hall–Kier alpha value is -4.25. The van der Waals surface area contributed by atoms with Gasteiger partial charge in [0.05, 0.1) is 21.7 Å². The molecule has 2 amide bonds. The fourth-order valence-corrected chi connectivity index (χ4v) is 4.43. The standard InChI is InChI=1S/C23H18N4O6S/c1-2-34(30,31)14-8-6-13(7-9-14)32-19-12-18-17(11-15(19)20-22(28)27-23(29)33-20)25-21(26-18)16-5-3-4-10-24-16/h3-12,20H,2H2,1H3,(H,25,26)(H,27,28,29). The SMILES string of the molecule is CCS(=O)(=O)c1ccc(Oc2cc3nc(-c4ccccn4)[nH]c3cc2C2OC(=O)NC2=O)cc1. The largest absolute Gasteiger partial charge is 0.457 e. The minimum Gasteiger partial charge on any atom is -0.457 e. The van der Waals surface area contributed by atoms with Crippen molar-refractivity contribution in [3.05, 3.63) is 66.4 Å². The normalized spacial score (nSPS) is 15.9. The molecular formula is C23H18N4O6S. The molecule has 0 aliphatic carbocycles. The van der Waals surface area contributed by atoms with E-state index in [0.717, 1.165) is 0 Å². The number of pyridine rings is 1. The summed E-state index contributed by atoms with van der Waals surface area (Å²) in [5.41, 5.74) is 2.05. The van der Waals surface area contributed by atoms with Crippen LogP contribution in [-0.4, -0.2) is 41.1 Å². The van der Waals surface area contributed by atoms with Gasteiger partial charge in [0.2, 0.25) is 6.10 Å². The van der Waals surface area contributed by atoms with Crippen LogP contribution in [0.25, 0.3) is 22.6 Å². The number of carbonyl (C=O) groups is 2. The highest BCUT2D eigenvalue weighted by Crippen LogP contribution is 2.37. The van der Waals surface area contributed by atoms with E-state index in [1.54, 1.807) is 37.4 Å². The molecule has 2 aromatic carbocycles. The first-order chi connectivity index (χ1) is 16.3. The number of ether oxygens (including phenoxy) is 2. The average molecular weight is 478 g/mol. The van der Waals surface area contributed by atoms with Gasteiger partial charge in [-0.1, -0.05) is 13.0 Å². The molecule has 2 aromatic heterocycles. The molecule has 1 saturated heterocycles. The number of cyclic esters (lactones) is 1. The number of sulfone groups is 1. The molecule has 0 saturated carbocycles. The number of hydrogen-bond acceptors (Lipinski definition) is 8. The summed E-state index contributed by atoms with van der Waals surface area (Å²) in [7, 11) is -3.36. The van der Waals surface area contributed by atoms with Gasteiger partial charge in [-0.2, -0.15) is 0 Å². The molecule has 172 valence electrons. The minimum absolute atomic E-state index is 0.0199. The molecule has 0 bridgehead atoms.